The number of carboxylic acid groups (broad SMARTS) is 1. The summed E-state index contributed by atoms with van der Waals surface area (Å²) in [6.45, 7) is 3.69. The van der Waals surface area contributed by atoms with Crippen molar-refractivity contribution in [2.75, 3.05) is 25.5 Å². The minimum atomic E-state index is -0.749. The van der Waals surface area contributed by atoms with Crippen LogP contribution in [-0.4, -0.2) is 48.1 Å². The van der Waals surface area contributed by atoms with E-state index < -0.39 is 5.97 Å². The van der Waals surface area contributed by atoms with E-state index in [0.29, 0.717) is 12.3 Å². The molecule has 6 heteroatoms. The zero-order chi connectivity index (χ0) is 18.2. The molecule has 0 aromatic heterocycles. The second kappa shape index (κ2) is 9.42. The van der Waals surface area contributed by atoms with E-state index in [1.165, 1.54) is 0 Å². The molecule has 6 nitrogen and oxygen atoms in total. The summed E-state index contributed by atoms with van der Waals surface area (Å²) in [5.41, 5.74) is 0.753. The van der Waals surface area contributed by atoms with Crippen LogP contribution < -0.4 is 10.1 Å². The average molecular weight is 348 g/mol. The average Bonchev–Trinajstić information content (AvgIpc) is 2.61. The van der Waals surface area contributed by atoms with Crippen LogP contribution in [0.1, 0.15) is 39.0 Å². The molecule has 138 valence electrons. The summed E-state index contributed by atoms with van der Waals surface area (Å²) in [5.74, 6) is 0.350. The number of anilines is 1. The standard InChI is InChI=1S/C19H28N2O4/c1-3-17(19(24)20-15-7-9-16(25-2)10-8-15)21-12-4-5-14(13-21)6-11-18(22)23/h7-10,14,17H,3-6,11-13H2,1-2H3,(H,20,24)(H,22,23). The fourth-order valence-electron chi connectivity index (χ4n) is 3.45. The maximum absolute atomic E-state index is 12.7. The quantitative estimate of drug-likeness (QED) is 0.755. The number of piperidine rings is 1. The number of carbonyl (C=O) groups is 2. The molecular weight excluding hydrogens is 320 g/mol. The number of carbonyl (C=O) groups excluding carboxylic acids is 1. The maximum atomic E-state index is 12.7. The van der Waals surface area contributed by atoms with Crippen molar-refractivity contribution in [3.05, 3.63) is 24.3 Å². The number of rotatable bonds is 8. The van der Waals surface area contributed by atoms with Gasteiger partial charge in [-0.1, -0.05) is 6.92 Å². The van der Waals surface area contributed by atoms with Crippen molar-refractivity contribution in [3.63, 3.8) is 0 Å². The maximum Gasteiger partial charge on any atom is 0.303 e. The van der Waals surface area contributed by atoms with Crippen LogP contribution in [-0.2, 0) is 9.59 Å². The van der Waals surface area contributed by atoms with E-state index in [1.54, 1.807) is 7.11 Å². The second-order valence-corrected chi connectivity index (χ2v) is 6.58. The molecule has 1 aliphatic rings. The van der Waals surface area contributed by atoms with Crippen molar-refractivity contribution in [2.45, 2.75) is 45.1 Å². The van der Waals surface area contributed by atoms with Gasteiger partial charge in [0.1, 0.15) is 5.75 Å². The molecule has 2 N–H and O–H groups in total. The third-order valence-electron chi connectivity index (χ3n) is 4.80. The first-order valence-corrected chi connectivity index (χ1v) is 8.94. The van der Waals surface area contributed by atoms with Crippen LogP contribution in [0.3, 0.4) is 0 Å². The van der Waals surface area contributed by atoms with Gasteiger partial charge in [0.2, 0.25) is 5.91 Å². The molecule has 0 spiro atoms. The lowest BCUT2D eigenvalue weighted by molar-refractivity contribution is -0.137. The lowest BCUT2D eigenvalue weighted by Crippen LogP contribution is -2.48. The monoisotopic (exact) mass is 348 g/mol. The highest BCUT2D eigenvalue weighted by atomic mass is 16.5. The van der Waals surface area contributed by atoms with Gasteiger partial charge in [0.05, 0.1) is 13.2 Å². The van der Waals surface area contributed by atoms with Crippen LogP contribution in [0.15, 0.2) is 24.3 Å². The molecule has 0 radical (unpaired) electrons. The molecule has 1 fully saturated rings. The molecule has 2 rings (SSSR count). The van der Waals surface area contributed by atoms with Crippen molar-refractivity contribution in [3.8, 4) is 5.75 Å². The largest absolute Gasteiger partial charge is 0.497 e. The van der Waals surface area contributed by atoms with Gasteiger partial charge in [0, 0.05) is 18.7 Å². The number of hydrogen-bond donors (Lipinski definition) is 2. The van der Waals surface area contributed by atoms with Crippen LogP contribution in [0.25, 0.3) is 0 Å². The van der Waals surface area contributed by atoms with Crippen LogP contribution in [0, 0.1) is 5.92 Å². The normalized spacial score (nSPS) is 19.2. The minimum Gasteiger partial charge on any atom is -0.497 e. The highest BCUT2D eigenvalue weighted by molar-refractivity contribution is 5.94. The lowest BCUT2D eigenvalue weighted by atomic mass is 9.92. The van der Waals surface area contributed by atoms with Gasteiger partial charge in [-0.3, -0.25) is 14.5 Å². The highest BCUT2D eigenvalue weighted by Gasteiger charge is 2.29. The Hall–Kier alpha value is -2.08. The van der Waals surface area contributed by atoms with Crippen LogP contribution in [0.2, 0.25) is 0 Å². The highest BCUT2D eigenvalue weighted by Crippen LogP contribution is 2.24. The molecule has 1 aromatic carbocycles. The Bertz CT molecular complexity index is 573. The van der Waals surface area contributed by atoms with Crippen molar-refractivity contribution >= 4 is 17.6 Å². The van der Waals surface area contributed by atoms with Gasteiger partial charge in [-0.05, 0) is 62.4 Å². The fraction of sp³-hybridized carbons (Fsp3) is 0.579. The third kappa shape index (κ3) is 5.74. The Morgan fingerprint density at radius 3 is 2.68 bits per heavy atom. The van der Waals surface area contributed by atoms with Gasteiger partial charge in [-0.15, -0.1) is 0 Å². The van der Waals surface area contributed by atoms with Gasteiger partial charge >= 0.3 is 5.97 Å². The number of amides is 1. The Balaban J connectivity index is 1.94. The zero-order valence-corrected chi connectivity index (χ0v) is 15.0. The topological polar surface area (TPSA) is 78.9 Å². The number of hydrogen-bond acceptors (Lipinski definition) is 4. The van der Waals surface area contributed by atoms with Crippen LogP contribution >= 0.6 is 0 Å². The Labute approximate surface area is 149 Å². The second-order valence-electron chi connectivity index (χ2n) is 6.58. The molecule has 2 unspecified atom stereocenters. The molecule has 1 aliphatic heterocycles. The van der Waals surface area contributed by atoms with Crippen molar-refractivity contribution in [2.24, 2.45) is 5.92 Å². The predicted octanol–water partition coefficient (Wildman–Crippen LogP) is 2.99. The number of likely N-dealkylation sites (tertiary alicyclic amines) is 1. The summed E-state index contributed by atoms with van der Waals surface area (Å²) in [7, 11) is 1.61. The first-order chi connectivity index (χ1) is 12.0. The van der Waals surface area contributed by atoms with E-state index in [2.05, 4.69) is 10.2 Å². The number of methoxy groups -OCH3 is 1. The van der Waals surface area contributed by atoms with Gasteiger partial charge in [-0.2, -0.15) is 0 Å². The lowest BCUT2D eigenvalue weighted by Gasteiger charge is -2.37. The molecule has 0 bridgehead atoms. The summed E-state index contributed by atoms with van der Waals surface area (Å²) in [6.07, 6.45) is 3.67. The van der Waals surface area contributed by atoms with E-state index >= 15 is 0 Å². The van der Waals surface area contributed by atoms with Crippen molar-refractivity contribution < 1.29 is 19.4 Å². The number of aliphatic carboxylic acids is 1. The Morgan fingerprint density at radius 2 is 2.08 bits per heavy atom. The molecule has 25 heavy (non-hydrogen) atoms. The van der Waals surface area contributed by atoms with Gasteiger partial charge < -0.3 is 15.2 Å². The number of carboxylic acids is 1. The first-order valence-electron chi connectivity index (χ1n) is 8.94. The van der Waals surface area contributed by atoms with E-state index in [0.717, 1.165) is 43.8 Å². The SMILES string of the molecule is CCC(C(=O)Nc1ccc(OC)cc1)N1CCCC(CCC(=O)O)C1. The molecule has 0 aliphatic carbocycles. The predicted molar refractivity (Wildman–Crippen MR) is 96.9 cm³/mol. The molecule has 1 aromatic rings. The van der Waals surface area contributed by atoms with Crippen molar-refractivity contribution in [1.82, 2.24) is 4.90 Å². The third-order valence-corrected chi connectivity index (χ3v) is 4.80. The molecule has 0 saturated carbocycles. The Morgan fingerprint density at radius 1 is 1.36 bits per heavy atom. The summed E-state index contributed by atoms with van der Waals surface area (Å²) < 4.78 is 5.13. The molecule has 1 saturated heterocycles. The van der Waals surface area contributed by atoms with Crippen LogP contribution in [0.5, 0.6) is 5.75 Å². The van der Waals surface area contributed by atoms with Gasteiger partial charge in [0.15, 0.2) is 0 Å². The van der Waals surface area contributed by atoms with E-state index in [9.17, 15) is 9.59 Å². The fourth-order valence-corrected chi connectivity index (χ4v) is 3.45. The van der Waals surface area contributed by atoms with E-state index in [1.807, 2.05) is 31.2 Å². The molecular formula is C19H28N2O4. The molecule has 1 heterocycles. The van der Waals surface area contributed by atoms with E-state index in [4.69, 9.17) is 9.84 Å². The molecule has 1 amide bonds. The minimum absolute atomic E-state index is 0.00782. The van der Waals surface area contributed by atoms with Gasteiger partial charge in [-0.25, -0.2) is 0 Å². The van der Waals surface area contributed by atoms with Gasteiger partial charge in [0.25, 0.3) is 0 Å². The van der Waals surface area contributed by atoms with Crippen molar-refractivity contribution in [1.29, 1.82) is 0 Å². The Kier molecular flexibility index (Phi) is 7.25. The summed E-state index contributed by atoms with van der Waals surface area (Å²) >= 11 is 0. The summed E-state index contributed by atoms with van der Waals surface area (Å²) in [5, 5.41) is 11.8. The number of nitrogens with one attached hydrogen (secondary N) is 1. The summed E-state index contributed by atoms with van der Waals surface area (Å²) in [4.78, 5) is 25.7. The summed E-state index contributed by atoms with van der Waals surface area (Å²) in [6, 6.07) is 7.11. The van der Waals surface area contributed by atoms with Crippen LogP contribution in [0.4, 0.5) is 5.69 Å². The first kappa shape index (κ1) is 19.2. The van der Waals surface area contributed by atoms with E-state index in [-0.39, 0.29) is 18.4 Å². The number of benzene rings is 1. The smallest absolute Gasteiger partial charge is 0.303 e. The number of nitrogens with zero attached hydrogens (tertiary/aromatic N) is 1. The zero-order valence-electron chi connectivity index (χ0n) is 15.0. The number of ether oxygens (including phenoxy) is 1. The molecule has 2 atom stereocenters.